The van der Waals surface area contributed by atoms with Gasteiger partial charge < -0.3 is 10.3 Å². The summed E-state index contributed by atoms with van der Waals surface area (Å²) >= 11 is 0. The molecule has 0 saturated carbocycles. The lowest BCUT2D eigenvalue weighted by Gasteiger charge is -2.21. The minimum Gasteiger partial charge on any atom is -0.360 e. The second kappa shape index (κ2) is 4.53. The van der Waals surface area contributed by atoms with Gasteiger partial charge in [-0.2, -0.15) is 0 Å². The Kier molecular flexibility index (Phi) is 2.88. The van der Waals surface area contributed by atoms with Crippen molar-refractivity contribution >= 4 is 16.7 Å². The number of carbonyl (C=O) groups excluding carboxylic acids is 1. The van der Waals surface area contributed by atoms with Crippen LogP contribution in [0.4, 0.5) is 4.39 Å². The fourth-order valence-electron chi connectivity index (χ4n) is 2.61. The molecule has 1 aliphatic rings. The lowest BCUT2D eigenvalue weighted by molar-refractivity contribution is 0.0897. The van der Waals surface area contributed by atoms with Crippen LogP contribution in [0.2, 0.25) is 0 Å². The quantitative estimate of drug-likeness (QED) is 0.800. The molecule has 94 valence electrons. The number of H-pyrrole nitrogens is 1. The van der Waals surface area contributed by atoms with Gasteiger partial charge in [0.1, 0.15) is 5.82 Å². The van der Waals surface area contributed by atoms with E-state index in [1.807, 2.05) is 0 Å². The van der Waals surface area contributed by atoms with Gasteiger partial charge in [0.2, 0.25) is 0 Å². The maximum Gasteiger partial charge on any atom is 0.168 e. The molecule has 1 aromatic heterocycles. The molecule has 0 spiro atoms. The van der Waals surface area contributed by atoms with Crippen molar-refractivity contribution in [2.45, 2.75) is 12.8 Å². The zero-order chi connectivity index (χ0) is 12.5. The molecule has 2 N–H and O–H groups in total. The Morgan fingerprint density at radius 2 is 2.06 bits per heavy atom. The highest BCUT2D eigenvalue weighted by Crippen LogP contribution is 2.25. The van der Waals surface area contributed by atoms with Crippen LogP contribution < -0.4 is 5.32 Å². The molecule has 0 radical (unpaired) electrons. The molecule has 1 fully saturated rings. The Hall–Kier alpha value is -1.68. The number of fused-ring (bicyclic) bond motifs is 1. The first-order valence-electron chi connectivity index (χ1n) is 6.27. The van der Waals surface area contributed by atoms with Crippen LogP contribution in [0.25, 0.3) is 10.9 Å². The first kappa shape index (κ1) is 11.4. The summed E-state index contributed by atoms with van der Waals surface area (Å²) < 4.78 is 13.1. The minimum absolute atomic E-state index is 0.0929. The van der Waals surface area contributed by atoms with Gasteiger partial charge in [-0.3, -0.25) is 4.79 Å². The largest absolute Gasteiger partial charge is 0.360 e. The zero-order valence-corrected chi connectivity index (χ0v) is 10.0. The molecule has 0 aliphatic carbocycles. The van der Waals surface area contributed by atoms with Crippen molar-refractivity contribution in [2.75, 3.05) is 13.1 Å². The summed E-state index contributed by atoms with van der Waals surface area (Å²) in [5, 5.41) is 4.07. The third-order valence-electron chi connectivity index (χ3n) is 3.62. The third-order valence-corrected chi connectivity index (χ3v) is 3.62. The second-order valence-corrected chi connectivity index (χ2v) is 4.78. The molecule has 1 saturated heterocycles. The van der Waals surface area contributed by atoms with Crippen LogP contribution in [-0.4, -0.2) is 23.9 Å². The third kappa shape index (κ3) is 1.93. The van der Waals surface area contributed by atoms with Crippen LogP contribution >= 0.6 is 0 Å². The van der Waals surface area contributed by atoms with E-state index in [4.69, 9.17) is 0 Å². The maximum atomic E-state index is 13.1. The standard InChI is InChI=1S/C14H15FN2O/c15-10-1-2-11-12(8-17-13(11)7-10)14(18)9-3-5-16-6-4-9/h1-2,7-9,16-17H,3-6H2. The van der Waals surface area contributed by atoms with Gasteiger partial charge >= 0.3 is 0 Å². The average molecular weight is 246 g/mol. The van der Waals surface area contributed by atoms with Crippen LogP contribution in [-0.2, 0) is 0 Å². The van der Waals surface area contributed by atoms with Crippen molar-refractivity contribution in [3.8, 4) is 0 Å². The van der Waals surface area contributed by atoms with Crippen molar-refractivity contribution in [3.63, 3.8) is 0 Å². The average Bonchev–Trinajstić information content (AvgIpc) is 2.81. The van der Waals surface area contributed by atoms with E-state index in [-0.39, 0.29) is 17.5 Å². The maximum absolute atomic E-state index is 13.1. The number of hydrogen-bond donors (Lipinski definition) is 2. The number of aromatic amines is 1. The molecule has 4 heteroatoms. The summed E-state index contributed by atoms with van der Waals surface area (Å²) in [6, 6.07) is 4.50. The molecule has 2 aromatic rings. The van der Waals surface area contributed by atoms with Gasteiger partial charge in [0.05, 0.1) is 0 Å². The van der Waals surface area contributed by atoms with E-state index in [9.17, 15) is 9.18 Å². The number of aromatic nitrogens is 1. The van der Waals surface area contributed by atoms with E-state index in [1.165, 1.54) is 12.1 Å². The van der Waals surface area contributed by atoms with E-state index in [0.29, 0.717) is 11.1 Å². The normalized spacial score (nSPS) is 17.2. The first-order chi connectivity index (χ1) is 8.75. The van der Waals surface area contributed by atoms with E-state index in [2.05, 4.69) is 10.3 Å². The predicted molar refractivity (Wildman–Crippen MR) is 68.2 cm³/mol. The van der Waals surface area contributed by atoms with Gasteiger partial charge in [-0.05, 0) is 44.1 Å². The van der Waals surface area contributed by atoms with Gasteiger partial charge in [-0.1, -0.05) is 0 Å². The minimum atomic E-state index is -0.287. The summed E-state index contributed by atoms with van der Waals surface area (Å²) in [6.07, 6.45) is 3.47. The smallest absolute Gasteiger partial charge is 0.168 e. The number of carbonyl (C=O) groups is 1. The molecule has 0 unspecified atom stereocenters. The Morgan fingerprint density at radius 3 is 2.83 bits per heavy atom. The number of rotatable bonds is 2. The summed E-state index contributed by atoms with van der Waals surface area (Å²) in [6.45, 7) is 1.79. The highest BCUT2D eigenvalue weighted by molar-refractivity contribution is 6.08. The van der Waals surface area contributed by atoms with E-state index >= 15 is 0 Å². The van der Waals surface area contributed by atoms with E-state index in [1.54, 1.807) is 12.3 Å². The van der Waals surface area contributed by atoms with Crippen molar-refractivity contribution < 1.29 is 9.18 Å². The fraction of sp³-hybridized carbons (Fsp3) is 0.357. The van der Waals surface area contributed by atoms with Crippen molar-refractivity contribution in [1.82, 2.24) is 10.3 Å². The molecule has 1 aromatic carbocycles. The van der Waals surface area contributed by atoms with Gasteiger partial charge in [-0.15, -0.1) is 0 Å². The van der Waals surface area contributed by atoms with Crippen molar-refractivity contribution in [2.24, 2.45) is 5.92 Å². The number of piperidine rings is 1. The number of halogens is 1. The number of Topliss-reactive ketones (excluding diaryl/α,β-unsaturated/α-hetero) is 1. The molecular formula is C14H15FN2O. The lowest BCUT2D eigenvalue weighted by atomic mass is 9.89. The molecule has 3 nitrogen and oxygen atoms in total. The molecule has 0 atom stereocenters. The Bertz CT molecular complexity index is 584. The van der Waals surface area contributed by atoms with Crippen LogP contribution in [0.1, 0.15) is 23.2 Å². The highest BCUT2D eigenvalue weighted by Gasteiger charge is 2.24. The number of benzene rings is 1. The van der Waals surface area contributed by atoms with Crippen LogP contribution in [0.3, 0.4) is 0 Å². The van der Waals surface area contributed by atoms with Crippen LogP contribution in [0, 0.1) is 11.7 Å². The first-order valence-corrected chi connectivity index (χ1v) is 6.27. The van der Waals surface area contributed by atoms with Gasteiger partial charge in [-0.25, -0.2) is 4.39 Å². The van der Waals surface area contributed by atoms with Gasteiger partial charge in [0.25, 0.3) is 0 Å². The zero-order valence-electron chi connectivity index (χ0n) is 10.0. The Morgan fingerprint density at radius 1 is 1.28 bits per heavy atom. The van der Waals surface area contributed by atoms with Crippen molar-refractivity contribution in [1.29, 1.82) is 0 Å². The molecular weight excluding hydrogens is 231 g/mol. The molecule has 0 bridgehead atoms. The van der Waals surface area contributed by atoms with Crippen molar-refractivity contribution in [3.05, 3.63) is 35.8 Å². The summed E-state index contributed by atoms with van der Waals surface area (Å²) in [5.74, 6) is -0.0186. The molecule has 2 heterocycles. The van der Waals surface area contributed by atoms with E-state index < -0.39 is 0 Å². The van der Waals surface area contributed by atoms with Crippen LogP contribution in [0.5, 0.6) is 0 Å². The predicted octanol–water partition coefficient (Wildman–Crippen LogP) is 2.49. The molecule has 1 aliphatic heterocycles. The highest BCUT2D eigenvalue weighted by atomic mass is 19.1. The molecule has 3 rings (SSSR count). The van der Waals surface area contributed by atoms with Crippen LogP contribution in [0.15, 0.2) is 24.4 Å². The summed E-state index contributed by atoms with van der Waals surface area (Å²) in [7, 11) is 0. The number of hydrogen-bond acceptors (Lipinski definition) is 2. The Balaban J connectivity index is 1.96. The SMILES string of the molecule is O=C(c1c[nH]c2cc(F)ccc12)C1CCNCC1. The fourth-order valence-corrected chi connectivity index (χ4v) is 2.61. The molecule has 18 heavy (non-hydrogen) atoms. The molecule has 0 amide bonds. The summed E-state index contributed by atoms with van der Waals surface area (Å²) in [4.78, 5) is 15.4. The number of nitrogens with one attached hydrogen (secondary N) is 2. The monoisotopic (exact) mass is 246 g/mol. The Labute approximate surface area is 104 Å². The van der Waals surface area contributed by atoms with Gasteiger partial charge in [0, 0.05) is 28.6 Å². The van der Waals surface area contributed by atoms with E-state index in [0.717, 1.165) is 31.3 Å². The number of ketones is 1. The summed E-state index contributed by atoms with van der Waals surface area (Å²) in [5.41, 5.74) is 1.38. The second-order valence-electron chi connectivity index (χ2n) is 4.78. The topological polar surface area (TPSA) is 44.9 Å². The lowest BCUT2D eigenvalue weighted by Crippen LogP contribution is -2.31. The van der Waals surface area contributed by atoms with Gasteiger partial charge in [0.15, 0.2) is 5.78 Å².